The molecule has 2 heteroatoms. The summed E-state index contributed by atoms with van der Waals surface area (Å²) >= 11 is 0. The molecule has 0 spiro atoms. The standard InChI is InChI=1S/C9H13.2Y/c1-7-5-8-3-2-4-9(8)6-7;;/h2,8-9H,1,3-6H2;;/q-1;;/t8-,9+;;. The van der Waals surface area contributed by atoms with Crippen molar-refractivity contribution in [2.75, 3.05) is 0 Å². The van der Waals surface area contributed by atoms with Gasteiger partial charge in [-0.3, -0.25) is 0 Å². The van der Waals surface area contributed by atoms with Gasteiger partial charge in [-0.15, -0.1) is 0 Å². The van der Waals surface area contributed by atoms with Gasteiger partial charge in [-0.25, -0.2) is 0 Å². The molecule has 0 bridgehead atoms. The van der Waals surface area contributed by atoms with Gasteiger partial charge in [0.2, 0.25) is 0 Å². The molecular formula is C9H13Y2-. The second-order valence-corrected chi connectivity index (χ2v) is 3.44. The molecule has 0 N–H and O–H groups in total. The van der Waals surface area contributed by atoms with Gasteiger partial charge in [-0.1, -0.05) is 24.0 Å². The number of hydrogen-bond donors (Lipinski definition) is 0. The average molecular weight is 299 g/mol. The Labute approximate surface area is 120 Å². The molecule has 2 radical (unpaired) electrons. The SMILES string of the molecule is C=C1C[C@H]2C[CH-]C[C@H]2C1.[Y].[Y]. The molecule has 0 aromatic heterocycles. The topological polar surface area (TPSA) is 0 Å². The van der Waals surface area contributed by atoms with Gasteiger partial charge in [-0.2, -0.15) is 12.8 Å². The maximum Gasteiger partial charge on any atom is 0 e. The zero-order chi connectivity index (χ0) is 6.27. The Morgan fingerprint density at radius 1 is 1.09 bits per heavy atom. The Balaban J connectivity index is 0.000000500. The zero-order valence-corrected chi connectivity index (χ0v) is 12.6. The van der Waals surface area contributed by atoms with Gasteiger partial charge in [0.25, 0.3) is 0 Å². The number of rotatable bonds is 0. The minimum atomic E-state index is 0. The first kappa shape index (κ1) is 12.9. The summed E-state index contributed by atoms with van der Waals surface area (Å²) in [5, 5.41) is 0. The van der Waals surface area contributed by atoms with Gasteiger partial charge in [0.15, 0.2) is 0 Å². The van der Waals surface area contributed by atoms with E-state index in [0.29, 0.717) is 0 Å². The van der Waals surface area contributed by atoms with E-state index in [2.05, 4.69) is 13.0 Å². The van der Waals surface area contributed by atoms with Crippen molar-refractivity contribution in [1.29, 1.82) is 0 Å². The predicted molar refractivity (Wildman–Crippen MR) is 38.9 cm³/mol. The maximum absolute atomic E-state index is 4.02. The molecule has 2 fully saturated rings. The van der Waals surface area contributed by atoms with Crippen LogP contribution in [0.25, 0.3) is 0 Å². The number of fused-ring (bicyclic) bond motifs is 1. The maximum atomic E-state index is 4.02. The first-order chi connectivity index (χ1) is 4.36. The van der Waals surface area contributed by atoms with Crippen molar-refractivity contribution in [1.82, 2.24) is 0 Å². The Morgan fingerprint density at radius 3 is 2.00 bits per heavy atom. The van der Waals surface area contributed by atoms with E-state index in [9.17, 15) is 0 Å². The second-order valence-electron chi connectivity index (χ2n) is 3.44. The van der Waals surface area contributed by atoms with Gasteiger partial charge in [0.1, 0.15) is 0 Å². The molecule has 2 rings (SSSR count). The molecule has 0 nitrogen and oxygen atoms in total. The van der Waals surface area contributed by atoms with Crippen LogP contribution in [0.3, 0.4) is 0 Å². The van der Waals surface area contributed by atoms with Crippen molar-refractivity contribution in [2.45, 2.75) is 25.7 Å². The van der Waals surface area contributed by atoms with Gasteiger partial charge < -0.3 is 6.42 Å². The molecular weight excluding hydrogens is 286 g/mol. The molecule has 56 valence electrons. The Morgan fingerprint density at radius 2 is 1.55 bits per heavy atom. The summed E-state index contributed by atoms with van der Waals surface area (Å²) in [6.07, 6.45) is 7.82. The molecule has 0 aromatic carbocycles. The zero-order valence-electron chi connectivity index (χ0n) is 6.92. The molecule has 0 saturated heterocycles. The van der Waals surface area contributed by atoms with Crippen LogP contribution in [-0.4, -0.2) is 0 Å². The average Bonchev–Trinajstić information content (AvgIpc) is 2.22. The third-order valence-electron chi connectivity index (χ3n) is 2.71. The Bertz CT molecular complexity index is 128. The van der Waals surface area contributed by atoms with E-state index in [-0.39, 0.29) is 65.4 Å². The van der Waals surface area contributed by atoms with E-state index in [0.717, 1.165) is 11.8 Å². The van der Waals surface area contributed by atoms with Crippen molar-refractivity contribution in [3.05, 3.63) is 18.6 Å². The molecule has 0 amide bonds. The molecule has 0 heterocycles. The summed E-state index contributed by atoms with van der Waals surface area (Å²) < 4.78 is 0. The molecule has 2 aliphatic rings. The normalized spacial score (nSPS) is 34.0. The largest absolute Gasteiger partial charge is 0.328 e. The smallest absolute Gasteiger partial charge is 0 e. The van der Waals surface area contributed by atoms with Crippen molar-refractivity contribution < 1.29 is 65.4 Å². The molecule has 0 aliphatic heterocycles. The van der Waals surface area contributed by atoms with Crippen LogP contribution >= 0.6 is 0 Å². The Kier molecular flexibility index (Phi) is 6.63. The summed E-state index contributed by atoms with van der Waals surface area (Å²) in [6, 6.07) is 0. The summed E-state index contributed by atoms with van der Waals surface area (Å²) in [5.41, 5.74) is 1.50. The van der Waals surface area contributed by atoms with Gasteiger partial charge in [-0.05, 0) is 12.8 Å². The first-order valence-electron chi connectivity index (χ1n) is 3.84. The molecule has 0 aromatic rings. The molecule has 2 aliphatic carbocycles. The molecule has 11 heavy (non-hydrogen) atoms. The summed E-state index contributed by atoms with van der Waals surface area (Å²) in [4.78, 5) is 0. The quantitative estimate of drug-likeness (QED) is 0.476. The van der Waals surface area contributed by atoms with Crippen LogP contribution in [-0.2, 0) is 65.4 Å². The van der Waals surface area contributed by atoms with E-state index < -0.39 is 0 Å². The van der Waals surface area contributed by atoms with Gasteiger partial charge in [0.05, 0.1) is 0 Å². The van der Waals surface area contributed by atoms with Crippen molar-refractivity contribution in [3.63, 3.8) is 0 Å². The fraction of sp³-hybridized carbons (Fsp3) is 0.667. The summed E-state index contributed by atoms with van der Waals surface area (Å²) in [7, 11) is 0. The minimum Gasteiger partial charge on any atom is -0.328 e. The number of hydrogen-bond acceptors (Lipinski definition) is 0. The van der Waals surface area contributed by atoms with E-state index in [1.165, 1.54) is 31.3 Å². The van der Waals surface area contributed by atoms with Crippen LogP contribution in [0.2, 0.25) is 0 Å². The van der Waals surface area contributed by atoms with Crippen LogP contribution in [0.15, 0.2) is 12.2 Å². The van der Waals surface area contributed by atoms with Crippen molar-refractivity contribution in [2.24, 2.45) is 11.8 Å². The second kappa shape index (κ2) is 5.63. The van der Waals surface area contributed by atoms with Crippen LogP contribution in [0.4, 0.5) is 0 Å². The van der Waals surface area contributed by atoms with Gasteiger partial charge in [0, 0.05) is 65.4 Å². The first-order valence-corrected chi connectivity index (χ1v) is 3.84. The van der Waals surface area contributed by atoms with E-state index in [4.69, 9.17) is 0 Å². The van der Waals surface area contributed by atoms with E-state index in [1.54, 1.807) is 0 Å². The predicted octanol–water partition coefficient (Wildman–Crippen LogP) is 2.56. The molecule has 0 unspecified atom stereocenters. The van der Waals surface area contributed by atoms with E-state index in [1.807, 2.05) is 0 Å². The Hall–Kier alpha value is 1.95. The third-order valence-corrected chi connectivity index (χ3v) is 2.71. The minimum absolute atomic E-state index is 0. The summed E-state index contributed by atoms with van der Waals surface area (Å²) in [5.74, 6) is 2.00. The number of allylic oxidation sites excluding steroid dienone is 1. The van der Waals surface area contributed by atoms with Crippen LogP contribution in [0, 0.1) is 18.3 Å². The monoisotopic (exact) mass is 299 g/mol. The van der Waals surface area contributed by atoms with Crippen LogP contribution < -0.4 is 0 Å². The van der Waals surface area contributed by atoms with Crippen LogP contribution in [0.5, 0.6) is 0 Å². The third kappa shape index (κ3) is 2.97. The van der Waals surface area contributed by atoms with Crippen molar-refractivity contribution in [3.8, 4) is 0 Å². The van der Waals surface area contributed by atoms with Crippen LogP contribution in [0.1, 0.15) is 25.7 Å². The fourth-order valence-electron chi connectivity index (χ4n) is 2.23. The molecule has 2 atom stereocenters. The summed E-state index contributed by atoms with van der Waals surface area (Å²) in [6.45, 7) is 4.02. The van der Waals surface area contributed by atoms with Gasteiger partial charge >= 0.3 is 0 Å². The fourth-order valence-corrected chi connectivity index (χ4v) is 2.23. The van der Waals surface area contributed by atoms with E-state index >= 15 is 0 Å². The molecule has 2 saturated carbocycles. The van der Waals surface area contributed by atoms with Crippen molar-refractivity contribution >= 4 is 0 Å².